The molecule has 1 fully saturated rings. The van der Waals surface area contributed by atoms with Gasteiger partial charge in [-0.15, -0.1) is 0 Å². The number of aliphatic hydroxyl groups excluding tert-OH is 1. The Kier molecular flexibility index (Phi) is 4.76. The van der Waals surface area contributed by atoms with Crippen LogP contribution < -0.4 is 4.74 Å². The van der Waals surface area contributed by atoms with E-state index in [1.807, 2.05) is 12.1 Å². The van der Waals surface area contributed by atoms with E-state index in [0.717, 1.165) is 5.56 Å². The summed E-state index contributed by atoms with van der Waals surface area (Å²) in [6, 6.07) is 7.85. The van der Waals surface area contributed by atoms with Crippen LogP contribution in [0.3, 0.4) is 0 Å². The lowest BCUT2D eigenvalue weighted by atomic mass is 9.97. The normalized spacial score (nSPS) is 20.2. The second kappa shape index (κ2) is 6.97. The molecule has 1 aromatic carbocycles. The van der Waals surface area contributed by atoms with Crippen LogP contribution in [0.5, 0.6) is 5.75 Å². The molecule has 1 aromatic heterocycles. The minimum Gasteiger partial charge on any atom is -0.494 e. The predicted octanol–water partition coefficient (Wildman–Crippen LogP) is 1.90. The SMILES string of the molecule is COc1cc(C(=O)N2C[C@@H](Cc3ccncc3)[C@H](O)C2)ccc1F. The van der Waals surface area contributed by atoms with Crippen LogP contribution >= 0.6 is 0 Å². The highest BCUT2D eigenvalue weighted by atomic mass is 19.1. The number of nitrogens with zero attached hydrogens (tertiary/aromatic N) is 2. The van der Waals surface area contributed by atoms with Crippen molar-refractivity contribution in [2.24, 2.45) is 5.92 Å². The molecule has 2 aromatic rings. The van der Waals surface area contributed by atoms with Crippen LogP contribution in [0.15, 0.2) is 42.7 Å². The van der Waals surface area contributed by atoms with E-state index in [0.29, 0.717) is 18.5 Å². The minimum atomic E-state index is -0.579. The summed E-state index contributed by atoms with van der Waals surface area (Å²) in [5, 5.41) is 10.3. The van der Waals surface area contributed by atoms with Gasteiger partial charge in [0.2, 0.25) is 0 Å². The summed E-state index contributed by atoms with van der Waals surface area (Å²) in [4.78, 5) is 18.2. The first kappa shape index (κ1) is 16.4. The molecule has 0 saturated carbocycles. The quantitative estimate of drug-likeness (QED) is 0.930. The molecule has 1 aliphatic rings. The number of hydrogen-bond acceptors (Lipinski definition) is 4. The Labute approximate surface area is 139 Å². The summed E-state index contributed by atoms with van der Waals surface area (Å²) in [5.74, 6) is -0.733. The zero-order valence-corrected chi connectivity index (χ0v) is 13.4. The first-order valence-corrected chi connectivity index (χ1v) is 7.78. The lowest BCUT2D eigenvalue weighted by Crippen LogP contribution is -2.29. The summed E-state index contributed by atoms with van der Waals surface area (Å²) in [7, 11) is 1.36. The molecule has 2 atom stereocenters. The van der Waals surface area contributed by atoms with Crippen molar-refractivity contribution in [3.8, 4) is 5.75 Å². The van der Waals surface area contributed by atoms with Crippen LogP contribution in [-0.4, -0.2) is 47.2 Å². The summed E-state index contributed by atoms with van der Waals surface area (Å²) < 4.78 is 18.4. The summed E-state index contributed by atoms with van der Waals surface area (Å²) in [5.41, 5.74) is 1.43. The van der Waals surface area contributed by atoms with Crippen molar-refractivity contribution >= 4 is 5.91 Å². The van der Waals surface area contributed by atoms with Crippen LogP contribution in [0.1, 0.15) is 15.9 Å². The third-order valence-electron chi connectivity index (χ3n) is 4.34. The third kappa shape index (κ3) is 3.38. The molecule has 126 valence electrons. The molecule has 0 bridgehead atoms. The van der Waals surface area contributed by atoms with Crippen LogP contribution in [0.4, 0.5) is 4.39 Å². The molecule has 3 rings (SSSR count). The van der Waals surface area contributed by atoms with E-state index >= 15 is 0 Å². The van der Waals surface area contributed by atoms with Crippen LogP contribution in [0, 0.1) is 11.7 Å². The highest BCUT2D eigenvalue weighted by molar-refractivity contribution is 5.94. The summed E-state index contributed by atoms with van der Waals surface area (Å²) in [6.45, 7) is 0.732. The molecule has 0 radical (unpaired) electrons. The number of halogens is 1. The Hall–Kier alpha value is -2.47. The number of rotatable bonds is 4. The Morgan fingerprint density at radius 3 is 2.79 bits per heavy atom. The number of carbonyl (C=O) groups excluding carboxylic acids is 1. The zero-order chi connectivity index (χ0) is 17.1. The van der Waals surface area contributed by atoms with E-state index in [9.17, 15) is 14.3 Å². The van der Waals surface area contributed by atoms with Gasteiger partial charge in [0.25, 0.3) is 5.91 Å². The number of hydrogen-bond donors (Lipinski definition) is 1. The van der Waals surface area contributed by atoms with Gasteiger partial charge in [-0.3, -0.25) is 9.78 Å². The van der Waals surface area contributed by atoms with Gasteiger partial charge in [0.1, 0.15) is 0 Å². The Morgan fingerprint density at radius 1 is 1.33 bits per heavy atom. The van der Waals surface area contributed by atoms with Crippen molar-refractivity contribution in [3.63, 3.8) is 0 Å². The van der Waals surface area contributed by atoms with Gasteiger partial charge in [0.05, 0.1) is 13.2 Å². The molecule has 0 spiro atoms. The number of aromatic nitrogens is 1. The number of methoxy groups -OCH3 is 1. The van der Waals surface area contributed by atoms with Crippen LogP contribution in [0.2, 0.25) is 0 Å². The molecule has 2 heterocycles. The maximum absolute atomic E-state index is 13.5. The second-order valence-corrected chi connectivity index (χ2v) is 5.95. The zero-order valence-electron chi connectivity index (χ0n) is 13.4. The number of aliphatic hydroxyl groups is 1. The smallest absolute Gasteiger partial charge is 0.254 e. The first-order valence-electron chi connectivity index (χ1n) is 7.78. The number of carbonyl (C=O) groups is 1. The second-order valence-electron chi connectivity index (χ2n) is 5.95. The van der Waals surface area contributed by atoms with E-state index in [4.69, 9.17) is 4.74 Å². The number of β-amino-alcohol motifs (C(OH)–C–C–N with tert-alkyl or cyclic N) is 1. The van der Waals surface area contributed by atoms with E-state index < -0.39 is 11.9 Å². The van der Waals surface area contributed by atoms with Gasteiger partial charge in [0.15, 0.2) is 11.6 Å². The highest BCUT2D eigenvalue weighted by Crippen LogP contribution is 2.25. The Morgan fingerprint density at radius 2 is 2.08 bits per heavy atom. The maximum Gasteiger partial charge on any atom is 0.254 e. The summed E-state index contributed by atoms with van der Waals surface area (Å²) in [6.07, 6.45) is 3.53. The number of likely N-dealkylation sites (tertiary alicyclic amines) is 1. The van der Waals surface area contributed by atoms with E-state index in [-0.39, 0.29) is 24.1 Å². The van der Waals surface area contributed by atoms with Crippen LogP contribution in [-0.2, 0) is 6.42 Å². The molecule has 5 nitrogen and oxygen atoms in total. The minimum absolute atomic E-state index is 0.0290. The van der Waals surface area contributed by atoms with E-state index in [2.05, 4.69) is 4.98 Å². The van der Waals surface area contributed by atoms with Gasteiger partial charge in [-0.1, -0.05) is 0 Å². The van der Waals surface area contributed by atoms with Gasteiger partial charge < -0.3 is 14.7 Å². The molecular formula is C18H19FN2O3. The number of benzene rings is 1. The van der Waals surface area contributed by atoms with Crippen molar-refractivity contribution in [2.75, 3.05) is 20.2 Å². The monoisotopic (exact) mass is 330 g/mol. The predicted molar refractivity (Wildman–Crippen MR) is 86.3 cm³/mol. The number of pyridine rings is 1. The van der Waals surface area contributed by atoms with E-state index in [1.54, 1.807) is 17.3 Å². The average molecular weight is 330 g/mol. The van der Waals surface area contributed by atoms with Gasteiger partial charge in [-0.05, 0) is 42.3 Å². The fourth-order valence-electron chi connectivity index (χ4n) is 3.02. The number of ether oxygens (including phenoxy) is 1. The standard InChI is InChI=1S/C18H19FN2O3/c1-24-17-9-13(2-3-15(17)19)18(23)21-10-14(16(22)11-21)8-12-4-6-20-7-5-12/h2-7,9,14,16,22H,8,10-11H2,1H3/t14-,16-/m1/s1. The molecule has 1 amide bonds. The molecule has 1 aliphatic heterocycles. The maximum atomic E-state index is 13.5. The third-order valence-corrected chi connectivity index (χ3v) is 4.34. The van der Waals surface area contributed by atoms with Gasteiger partial charge in [-0.2, -0.15) is 0 Å². The van der Waals surface area contributed by atoms with Gasteiger partial charge >= 0.3 is 0 Å². The average Bonchev–Trinajstić information content (AvgIpc) is 2.96. The fraction of sp³-hybridized carbons (Fsp3) is 0.333. The molecule has 0 unspecified atom stereocenters. The molecule has 1 saturated heterocycles. The molecule has 6 heteroatoms. The Bertz CT molecular complexity index is 723. The van der Waals surface area contributed by atoms with Gasteiger partial charge in [-0.25, -0.2) is 4.39 Å². The lowest BCUT2D eigenvalue weighted by molar-refractivity contribution is 0.0764. The fourth-order valence-corrected chi connectivity index (χ4v) is 3.02. The number of amides is 1. The molecule has 1 N–H and O–H groups in total. The largest absolute Gasteiger partial charge is 0.494 e. The highest BCUT2D eigenvalue weighted by Gasteiger charge is 2.34. The molecular weight excluding hydrogens is 311 g/mol. The summed E-state index contributed by atoms with van der Waals surface area (Å²) >= 11 is 0. The molecule has 0 aliphatic carbocycles. The van der Waals surface area contributed by atoms with Crippen molar-refractivity contribution < 1.29 is 19.0 Å². The molecule has 24 heavy (non-hydrogen) atoms. The van der Waals surface area contributed by atoms with Crippen molar-refractivity contribution in [2.45, 2.75) is 12.5 Å². The lowest BCUT2D eigenvalue weighted by Gasteiger charge is -2.17. The van der Waals surface area contributed by atoms with E-state index in [1.165, 1.54) is 25.3 Å². The van der Waals surface area contributed by atoms with Crippen LogP contribution in [0.25, 0.3) is 0 Å². The topological polar surface area (TPSA) is 62.7 Å². The van der Waals surface area contributed by atoms with Crippen molar-refractivity contribution in [1.29, 1.82) is 0 Å². The first-order chi connectivity index (χ1) is 11.6. The van der Waals surface area contributed by atoms with Crippen molar-refractivity contribution in [1.82, 2.24) is 9.88 Å². The Balaban J connectivity index is 1.71. The van der Waals surface area contributed by atoms with Gasteiger partial charge in [0, 0.05) is 37.0 Å². The van der Waals surface area contributed by atoms with Crippen molar-refractivity contribution in [3.05, 3.63) is 59.7 Å².